The average molecular weight is 586 g/mol. The highest BCUT2D eigenvalue weighted by Gasteiger charge is 2.23. The lowest BCUT2D eigenvalue weighted by atomic mass is 10.1. The van der Waals surface area contributed by atoms with E-state index in [9.17, 15) is 18.0 Å². The van der Waals surface area contributed by atoms with Gasteiger partial charge in [0.2, 0.25) is 0 Å². The van der Waals surface area contributed by atoms with Gasteiger partial charge in [0.25, 0.3) is 15.9 Å². The van der Waals surface area contributed by atoms with Gasteiger partial charge in [0.1, 0.15) is 5.75 Å². The Kier molecular flexibility index (Phi) is 8.44. The van der Waals surface area contributed by atoms with E-state index in [-0.39, 0.29) is 11.4 Å². The van der Waals surface area contributed by atoms with E-state index in [1.54, 1.807) is 61.5 Å². The van der Waals surface area contributed by atoms with Gasteiger partial charge >= 0.3 is 5.97 Å². The van der Waals surface area contributed by atoms with Gasteiger partial charge in [0.15, 0.2) is 13.2 Å². The Morgan fingerprint density at radius 2 is 1.50 bits per heavy atom. The van der Waals surface area contributed by atoms with Crippen molar-refractivity contribution < 1.29 is 27.5 Å². The number of nitrogens with zero attached hydrogens (tertiary/aromatic N) is 2. The molecule has 1 aromatic heterocycles. The lowest BCUT2D eigenvalue weighted by Gasteiger charge is -2.23. The van der Waals surface area contributed by atoms with Gasteiger partial charge in [-0.25, -0.2) is 13.2 Å². The molecule has 0 aliphatic rings. The highest BCUT2D eigenvalue weighted by Crippen LogP contribution is 2.31. The van der Waals surface area contributed by atoms with Crippen molar-refractivity contribution in [3.05, 3.63) is 97.1 Å². The number of ether oxygens (including phenoxy) is 2. The number of carbonyl (C=O) groups excluding carboxylic acids is 2. The van der Waals surface area contributed by atoms with Crippen molar-refractivity contribution in [2.24, 2.45) is 0 Å². The van der Waals surface area contributed by atoms with Crippen LogP contribution in [0.5, 0.6) is 5.75 Å². The summed E-state index contributed by atoms with van der Waals surface area (Å²) in [7, 11) is -3.72. The molecule has 9 nitrogen and oxygen atoms in total. The molecule has 0 saturated carbocycles. The highest BCUT2D eigenvalue weighted by atomic mass is 32.2. The second kappa shape index (κ2) is 12.4. The summed E-state index contributed by atoms with van der Waals surface area (Å²) >= 11 is 0. The van der Waals surface area contributed by atoms with Gasteiger partial charge in [-0.15, -0.1) is 0 Å². The zero-order valence-corrected chi connectivity index (χ0v) is 24.1. The normalized spacial score (nSPS) is 11.4. The van der Waals surface area contributed by atoms with Crippen LogP contribution in [0, 0.1) is 0 Å². The Labute approximate surface area is 244 Å². The third-order valence-electron chi connectivity index (χ3n) is 6.84. The first-order valence-electron chi connectivity index (χ1n) is 13.6. The molecule has 0 aliphatic carbocycles. The van der Waals surface area contributed by atoms with E-state index in [0.717, 1.165) is 28.4 Å². The Hall–Kier alpha value is -4.83. The third-order valence-corrected chi connectivity index (χ3v) is 8.75. The van der Waals surface area contributed by atoms with Crippen LogP contribution in [0.4, 0.5) is 11.4 Å². The topological polar surface area (TPSA) is 107 Å². The molecule has 0 spiro atoms. The molecule has 10 heteroatoms. The summed E-state index contributed by atoms with van der Waals surface area (Å²) in [6.45, 7) is 4.04. The smallest absolute Gasteiger partial charge is 0.344 e. The summed E-state index contributed by atoms with van der Waals surface area (Å²) in [6, 6.07) is 28.4. The molecule has 5 aromatic rings. The lowest BCUT2D eigenvalue weighted by molar-refractivity contribution is -0.149. The van der Waals surface area contributed by atoms with Crippen LogP contribution < -0.4 is 14.4 Å². The average Bonchev–Trinajstić information content (AvgIpc) is 3.33. The molecule has 42 heavy (non-hydrogen) atoms. The van der Waals surface area contributed by atoms with Crippen molar-refractivity contribution in [3.63, 3.8) is 0 Å². The van der Waals surface area contributed by atoms with E-state index in [4.69, 9.17) is 9.47 Å². The SMILES string of the molecule is CCN(c1ccc(OCC(=O)OCC(=O)Nc2ccc3c(c2)c2ccccc2n3CC)cc1)S(=O)(=O)c1ccccc1. The number of aryl methyl sites for hydroxylation is 1. The van der Waals surface area contributed by atoms with Gasteiger partial charge in [0.05, 0.1) is 10.6 Å². The minimum atomic E-state index is -3.72. The molecule has 4 aromatic carbocycles. The standard InChI is InChI=1S/C32H31N3O6S/c1-3-34-29-13-9-8-12-27(29)28-20-23(14-19-30(28)34)33-31(36)21-41-32(37)22-40-25-17-15-24(16-18-25)35(4-2)42(38,39)26-10-6-5-7-11-26/h5-20H,3-4,21-22H2,1-2H3,(H,33,36). The summed E-state index contributed by atoms with van der Waals surface area (Å²) < 4.78 is 40.1. The van der Waals surface area contributed by atoms with Crippen LogP contribution in [0.2, 0.25) is 0 Å². The van der Waals surface area contributed by atoms with Crippen molar-refractivity contribution in [1.29, 1.82) is 0 Å². The van der Waals surface area contributed by atoms with Gasteiger partial charge in [-0.2, -0.15) is 0 Å². The largest absolute Gasteiger partial charge is 0.482 e. The molecule has 0 unspecified atom stereocenters. The Morgan fingerprint density at radius 3 is 2.21 bits per heavy atom. The van der Waals surface area contributed by atoms with Crippen LogP contribution in [0.25, 0.3) is 21.8 Å². The van der Waals surface area contributed by atoms with Gasteiger partial charge in [-0.1, -0.05) is 36.4 Å². The van der Waals surface area contributed by atoms with Crippen LogP contribution in [0.3, 0.4) is 0 Å². The van der Waals surface area contributed by atoms with E-state index in [0.29, 0.717) is 17.1 Å². The van der Waals surface area contributed by atoms with Gasteiger partial charge in [-0.3, -0.25) is 9.10 Å². The van der Waals surface area contributed by atoms with Gasteiger partial charge < -0.3 is 19.4 Å². The number of carbonyl (C=O) groups is 2. The molecule has 1 amide bonds. The lowest BCUT2D eigenvalue weighted by Crippen LogP contribution is -2.30. The second-order valence-corrected chi connectivity index (χ2v) is 11.3. The van der Waals surface area contributed by atoms with Crippen molar-refractivity contribution in [3.8, 4) is 5.75 Å². The molecule has 216 valence electrons. The quantitative estimate of drug-likeness (QED) is 0.203. The maximum atomic E-state index is 13.0. The number of aromatic nitrogens is 1. The minimum absolute atomic E-state index is 0.198. The van der Waals surface area contributed by atoms with Crippen molar-refractivity contribution in [1.82, 2.24) is 4.57 Å². The second-order valence-electron chi connectivity index (χ2n) is 9.47. The summed E-state index contributed by atoms with van der Waals surface area (Å²) in [5, 5.41) is 4.91. The van der Waals surface area contributed by atoms with Gasteiger partial charge in [0, 0.05) is 40.6 Å². The number of fused-ring (bicyclic) bond motifs is 3. The van der Waals surface area contributed by atoms with Crippen LogP contribution in [0.1, 0.15) is 13.8 Å². The molecular formula is C32H31N3O6S. The minimum Gasteiger partial charge on any atom is -0.482 e. The van der Waals surface area contributed by atoms with E-state index < -0.39 is 35.1 Å². The van der Waals surface area contributed by atoms with Crippen LogP contribution in [-0.2, 0) is 30.9 Å². The molecular weight excluding hydrogens is 554 g/mol. The molecule has 0 saturated heterocycles. The van der Waals surface area contributed by atoms with Crippen molar-refractivity contribution >= 4 is 55.1 Å². The molecule has 0 bridgehead atoms. The summed E-state index contributed by atoms with van der Waals surface area (Å²) in [5.74, 6) is -0.823. The molecule has 0 radical (unpaired) electrons. The molecule has 5 rings (SSSR count). The Bertz CT molecular complexity index is 1830. The summed E-state index contributed by atoms with van der Waals surface area (Å²) in [6.07, 6.45) is 0. The van der Waals surface area contributed by atoms with Crippen LogP contribution in [-0.4, -0.2) is 44.6 Å². The number of sulfonamides is 1. The predicted octanol–water partition coefficient (Wildman–Crippen LogP) is 5.59. The number of benzene rings is 4. The molecule has 0 fully saturated rings. The first-order chi connectivity index (χ1) is 20.3. The number of para-hydroxylation sites is 1. The van der Waals surface area contributed by atoms with Crippen LogP contribution in [0.15, 0.2) is 102 Å². The Morgan fingerprint density at radius 1 is 0.810 bits per heavy atom. The van der Waals surface area contributed by atoms with E-state index in [2.05, 4.69) is 28.9 Å². The molecule has 0 aliphatic heterocycles. The zero-order valence-electron chi connectivity index (χ0n) is 23.3. The number of hydrogen-bond donors (Lipinski definition) is 1. The fourth-order valence-electron chi connectivity index (χ4n) is 4.92. The fourth-order valence-corrected chi connectivity index (χ4v) is 6.41. The maximum Gasteiger partial charge on any atom is 0.344 e. The van der Waals surface area contributed by atoms with E-state index in [1.165, 1.54) is 4.31 Å². The number of rotatable bonds is 11. The molecule has 1 heterocycles. The molecule has 1 N–H and O–H groups in total. The predicted molar refractivity (Wildman–Crippen MR) is 163 cm³/mol. The maximum absolute atomic E-state index is 13.0. The van der Waals surface area contributed by atoms with E-state index in [1.807, 2.05) is 30.3 Å². The number of hydrogen-bond acceptors (Lipinski definition) is 6. The van der Waals surface area contributed by atoms with Crippen molar-refractivity contribution in [2.75, 3.05) is 29.4 Å². The number of anilines is 2. The monoisotopic (exact) mass is 585 g/mol. The van der Waals surface area contributed by atoms with Crippen molar-refractivity contribution in [2.45, 2.75) is 25.3 Å². The van der Waals surface area contributed by atoms with E-state index >= 15 is 0 Å². The Balaban J connectivity index is 1.14. The fraction of sp³-hybridized carbons (Fsp3) is 0.188. The zero-order chi connectivity index (χ0) is 29.7. The summed E-state index contributed by atoms with van der Waals surface area (Å²) in [4.78, 5) is 24.9. The number of esters is 1. The summed E-state index contributed by atoms with van der Waals surface area (Å²) in [5.41, 5.74) is 3.27. The highest BCUT2D eigenvalue weighted by molar-refractivity contribution is 7.92. The van der Waals surface area contributed by atoms with Crippen LogP contribution >= 0.6 is 0 Å². The number of nitrogens with one attached hydrogen (secondary N) is 1. The molecule has 0 atom stereocenters. The number of amides is 1. The third kappa shape index (κ3) is 5.94. The van der Waals surface area contributed by atoms with Gasteiger partial charge in [-0.05, 0) is 74.5 Å². The first-order valence-corrected chi connectivity index (χ1v) is 15.0. The first kappa shape index (κ1) is 28.7.